The molecular weight excluding hydrogens is 473 g/mol. The van der Waals surface area contributed by atoms with Gasteiger partial charge in [-0.15, -0.1) is 0 Å². The molecule has 0 bridgehead atoms. The van der Waals surface area contributed by atoms with Crippen LogP contribution in [0.2, 0.25) is 5.02 Å². The largest absolute Gasteiger partial charge is 0.497 e. The van der Waals surface area contributed by atoms with Gasteiger partial charge in [-0.1, -0.05) is 23.7 Å². The summed E-state index contributed by atoms with van der Waals surface area (Å²) in [4.78, 5) is 26.6. The topological polar surface area (TPSA) is 79.9 Å². The highest BCUT2D eigenvalue weighted by molar-refractivity contribution is 6.31. The zero-order chi connectivity index (χ0) is 25.4. The molecule has 3 aromatic carbocycles. The Hall–Kier alpha value is -3.62. The Kier molecular flexibility index (Phi) is 9.05. The van der Waals surface area contributed by atoms with Crippen molar-refractivity contribution in [3.8, 4) is 11.5 Å². The Labute approximate surface area is 208 Å². The van der Waals surface area contributed by atoms with Crippen LogP contribution in [0.15, 0.2) is 66.7 Å². The molecule has 1 atom stereocenters. The summed E-state index contributed by atoms with van der Waals surface area (Å²) in [5.74, 6) is -0.0197. The minimum atomic E-state index is -0.446. The number of rotatable bonds is 10. The summed E-state index contributed by atoms with van der Waals surface area (Å²) in [6, 6.07) is 17.4. The van der Waals surface area contributed by atoms with E-state index in [-0.39, 0.29) is 25.0 Å². The van der Waals surface area contributed by atoms with Gasteiger partial charge in [-0.05, 0) is 62.6 Å². The van der Waals surface area contributed by atoms with Crippen molar-refractivity contribution in [2.24, 2.45) is 0 Å². The monoisotopic (exact) mass is 499 g/mol. The molecule has 7 nitrogen and oxygen atoms in total. The maximum atomic E-state index is 14.4. The summed E-state index contributed by atoms with van der Waals surface area (Å²) in [5, 5.41) is 5.85. The van der Waals surface area contributed by atoms with Gasteiger partial charge in [-0.2, -0.15) is 0 Å². The second-order valence-electron chi connectivity index (χ2n) is 7.92. The zero-order valence-electron chi connectivity index (χ0n) is 19.7. The summed E-state index contributed by atoms with van der Waals surface area (Å²) in [6.45, 7) is -0.0359. The number of amides is 2. The number of likely N-dealkylation sites (N-methyl/N-ethyl adjacent to an activating group) is 1. The van der Waals surface area contributed by atoms with Crippen LogP contribution < -0.4 is 20.1 Å². The minimum Gasteiger partial charge on any atom is -0.497 e. The molecule has 0 aliphatic carbocycles. The molecule has 0 fully saturated rings. The molecular formula is C26H27ClFN3O4. The van der Waals surface area contributed by atoms with E-state index in [1.54, 1.807) is 86.8 Å². The van der Waals surface area contributed by atoms with Crippen LogP contribution in [0.25, 0.3) is 0 Å². The molecule has 1 unspecified atom stereocenters. The molecule has 184 valence electrons. The smallest absolute Gasteiger partial charge is 0.262 e. The Bertz CT molecular complexity index is 1150. The minimum absolute atomic E-state index is 0.162. The van der Waals surface area contributed by atoms with E-state index in [0.717, 1.165) is 0 Å². The lowest BCUT2D eigenvalue weighted by Gasteiger charge is -2.26. The highest BCUT2D eigenvalue weighted by Crippen LogP contribution is 2.28. The number of methoxy groups -OCH3 is 1. The first-order chi connectivity index (χ1) is 16.8. The van der Waals surface area contributed by atoms with E-state index in [0.29, 0.717) is 33.3 Å². The molecule has 0 aromatic heterocycles. The van der Waals surface area contributed by atoms with E-state index < -0.39 is 11.9 Å². The number of halogens is 2. The van der Waals surface area contributed by atoms with Crippen LogP contribution in [-0.2, 0) is 4.79 Å². The molecule has 3 rings (SSSR count). The molecule has 0 spiro atoms. The van der Waals surface area contributed by atoms with Gasteiger partial charge in [-0.25, -0.2) is 4.39 Å². The van der Waals surface area contributed by atoms with Gasteiger partial charge >= 0.3 is 0 Å². The Balaban J connectivity index is 1.54. The van der Waals surface area contributed by atoms with Crippen LogP contribution in [0.5, 0.6) is 11.5 Å². The predicted molar refractivity (Wildman–Crippen MR) is 134 cm³/mol. The molecule has 3 aromatic rings. The zero-order valence-corrected chi connectivity index (χ0v) is 20.4. The average molecular weight is 500 g/mol. The molecule has 0 aliphatic heterocycles. The van der Waals surface area contributed by atoms with E-state index in [4.69, 9.17) is 21.1 Å². The van der Waals surface area contributed by atoms with Gasteiger partial charge in [-0.3, -0.25) is 9.59 Å². The van der Waals surface area contributed by atoms with Gasteiger partial charge in [0.2, 0.25) is 0 Å². The van der Waals surface area contributed by atoms with Crippen LogP contribution in [0.1, 0.15) is 22.0 Å². The number of hydrogen-bond donors (Lipinski definition) is 2. The summed E-state index contributed by atoms with van der Waals surface area (Å²) in [7, 11) is 5.12. The highest BCUT2D eigenvalue weighted by Gasteiger charge is 2.22. The van der Waals surface area contributed by atoms with Crippen LogP contribution in [0, 0.1) is 5.82 Å². The van der Waals surface area contributed by atoms with Crippen LogP contribution in [-0.4, -0.2) is 51.1 Å². The molecule has 0 radical (unpaired) electrons. The van der Waals surface area contributed by atoms with E-state index in [2.05, 4.69) is 10.6 Å². The van der Waals surface area contributed by atoms with Gasteiger partial charge in [0, 0.05) is 34.4 Å². The van der Waals surface area contributed by atoms with Crippen molar-refractivity contribution in [1.29, 1.82) is 0 Å². The van der Waals surface area contributed by atoms with Gasteiger partial charge in [0.25, 0.3) is 11.8 Å². The first-order valence-electron chi connectivity index (χ1n) is 10.8. The summed E-state index contributed by atoms with van der Waals surface area (Å²) in [6.07, 6.45) is 0. The lowest BCUT2D eigenvalue weighted by Crippen LogP contribution is -2.35. The Morgan fingerprint density at radius 2 is 1.74 bits per heavy atom. The van der Waals surface area contributed by atoms with Crippen molar-refractivity contribution < 1.29 is 23.5 Å². The molecule has 0 saturated carbocycles. The number of benzene rings is 3. The fraction of sp³-hybridized carbons (Fsp3) is 0.231. The van der Waals surface area contributed by atoms with E-state index in [9.17, 15) is 14.0 Å². The van der Waals surface area contributed by atoms with Crippen molar-refractivity contribution in [2.45, 2.75) is 6.04 Å². The number of nitrogens with one attached hydrogen (secondary N) is 2. The third-order valence-electron chi connectivity index (χ3n) is 5.25. The van der Waals surface area contributed by atoms with E-state index >= 15 is 0 Å². The lowest BCUT2D eigenvalue weighted by molar-refractivity contribution is -0.118. The van der Waals surface area contributed by atoms with Crippen LogP contribution >= 0.6 is 11.6 Å². The highest BCUT2D eigenvalue weighted by atomic mass is 35.5. The third-order valence-corrected chi connectivity index (χ3v) is 5.58. The Morgan fingerprint density at radius 1 is 1.03 bits per heavy atom. The molecule has 0 aliphatic rings. The first-order valence-corrected chi connectivity index (χ1v) is 11.2. The predicted octanol–water partition coefficient (Wildman–Crippen LogP) is 4.54. The number of anilines is 1. The summed E-state index contributed by atoms with van der Waals surface area (Å²) in [5.41, 5.74) is 1.32. The molecule has 2 N–H and O–H groups in total. The van der Waals surface area contributed by atoms with Gasteiger partial charge < -0.3 is 25.0 Å². The fourth-order valence-electron chi connectivity index (χ4n) is 3.41. The van der Waals surface area contributed by atoms with Gasteiger partial charge in [0.15, 0.2) is 6.61 Å². The SMILES string of the molecule is COc1cccc(NC(=O)COc2ccc(C(=O)NCC(c3c(F)cccc3Cl)N(C)C)cc2)c1. The molecule has 2 amide bonds. The normalized spacial score (nSPS) is 11.6. The number of carbonyl (C=O) groups is 2. The lowest BCUT2D eigenvalue weighted by atomic mass is 10.0. The first kappa shape index (κ1) is 26.0. The fourth-order valence-corrected chi connectivity index (χ4v) is 3.70. The van der Waals surface area contributed by atoms with E-state index in [1.807, 2.05) is 0 Å². The average Bonchev–Trinajstić information content (AvgIpc) is 2.84. The summed E-state index contributed by atoms with van der Waals surface area (Å²) < 4.78 is 25.0. The molecule has 35 heavy (non-hydrogen) atoms. The number of ether oxygens (including phenoxy) is 2. The quantitative estimate of drug-likeness (QED) is 0.428. The van der Waals surface area contributed by atoms with Crippen molar-refractivity contribution >= 4 is 29.1 Å². The number of hydrogen-bond acceptors (Lipinski definition) is 5. The second kappa shape index (κ2) is 12.2. The summed E-state index contributed by atoms with van der Waals surface area (Å²) >= 11 is 6.20. The maximum Gasteiger partial charge on any atom is 0.262 e. The van der Waals surface area contributed by atoms with Crippen molar-refractivity contribution in [2.75, 3.05) is 39.7 Å². The number of carbonyl (C=O) groups excluding carboxylic acids is 2. The van der Waals surface area contributed by atoms with Crippen molar-refractivity contribution in [3.63, 3.8) is 0 Å². The van der Waals surface area contributed by atoms with Crippen molar-refractivity contribution in [1.82, 2.24) is 10.2 Å². The van der Waals surface area contributed by atoms with Crippen LogP contribution in [0.4, 0.5) is 10.1 Å². The van der Waals surface area contributed by atoms with Gasteiger partial charge in [0.1, 0.15) is 17.3 Å². The second-order valence-corrected chi connectivity index (χ2v) is 8.33. The maximum absolute atomic E-state index is 14.4. The standard InChI is InChI=1S/C26H27ClFN3O4/c1-31(2)23(25-21(27)8-5-9-22(25)28)15-29-26(33)17-10-12-19(13-11-17)35-16-24(32)30-18-6-4-7-20(14-18)34-3/h4-14,23H,15-16H2,1-3H3,(H,29,33)(H,30,32). The van der Waals surface area contributed by atoms with Crippen molar-refractivity contribution in [3.05, 3.63) is 88.7 Å². The van der Waals surface area contributed by atoms with Gasteiger partial charge in [0.05, 0.1) is 13.2 Å². The van der Waals surface area contributed by atoms with E-state index in [1.165, 1.54) is 6.07 Å². The molecule has 0 saturated heterocycles. The third kappa shape index (κ3) is 7.18. The number of nitrogens with zero attached hydrogens (tertiary/aromatic N) is 1. The molecule has 9 heteroatoms. The Morgan fingerprint density at radius 3 is 2.40 bits per heavy atom. The van der Waals surface area contributed by atoms with Crippen LogP contribution in [0.3, 0.4) is 0 Å². The molecule has 0 heterocycles.